The number of carbonyl (C=O) groups excluding carboxylic acids is 3. The smallest absolute Gasteiger partial charge is 0.411 e. The van der Waals surface area contributed by atoms with Gasteiger partial charge in [-0.25, -0.2) is 4.79 Å². The van der Waals surface area contributed by atoms with Gasteiger partial charge in [-0.15, -0.1) is 0 Å². The zero-order valence-electron chi connectivity index (χ0n) is 18.3. The van der Waals surface area contributed by atoms with E-state index in [2.05, 4.69) is 19.2 Å². The largest absolute Gasteiger partial charge is 0.449 e. The fourth-order valence-electron chi connectivity index (χ4n) is 4.99. The average Bonchev–Trinajstić information content (AvgIpc) is 3.43. The Balaban J connectivity index is 1.08. The standard InChI is InChI=1S/C24H32N2O5/c1-15(2)16-7-9-17(10-8-16)25-24(29)30-14-6-4-3-5-13-26-22(27)20-18-11-12-19(31-18)21(20)23(26)28/h7-10,15,18-21H,3-6,11-14H2,1-2H3,(H,25,29). The molecule has 3 amide bonds. The van der Waals surface area contributed by atoms with Crippen molar-refractivity contribution in [2.75, 3.05) is 18.5 Å². The van der Waals surface area contributed by atoms with E-state index in [1.165, 1.54) is 10.5 Å². The molecule has 4 rings (SSSR count). The quantitative estimate of drug-likeness (QED) is 0.473. The Morgan fingerprint density at radius 2 is 1.65 bits per heavy atom. The van der Waals surface area contributed by atoms with Crippen molar-refractivity contribution in [3.63, 3.8) is 0 Å². The topological polar surface area (TPSA) is 84.9 Å². The number of fused-ring (bicyclic) bond motifs is 5. The third-order valence-electron chi connectivity index (χ3n) is 6.71. The molecule has 2 bridgehead atoms. The number of unbranched alkanes of at least 4 members (excludes halogenated alkanes) is 3. The first-order valence-corrected chi connectivity index (χ1v) is 11.5. The lowest BCUT2D eigenvalue weighted by Crippen LogP contribution is -2.35. The van der Waals surface area contributed by atoms with Crippen molar-refractivity contribution in [1.29, 1.82) is 0 Å². The average molecular weight is 429 g/mol. The second kappa shape index (κ2) is 9.39. The minimum absolute atomic E-state index is 0.0383. The van der Waals surface area contributed by atoms with E-state index >= 15 is 0 Å². The van der Waals surface area contributed by atoms with E-state index in [4.69, 9.17) is 9.47 Å². The van der Waals surface area contributed by atoms with Gasteiger partial charge in [-0.2, -0.15) is 0 Å². The molecule has 4 atom stereocenters. The lowest BCUT2D eigenvalue weighted by Gasteiger charge is -2.17. The lowest BCUT2D eigenvalue weighted by molar-refractivity contribution is -0.142. The number of likely N-dealkylation sites (tertiary alicyclic amines) is 1. The van der Waals surface area contributed by atoms with Crippen LogP contribution in [-0.4, -0.2) is 48.2 Å². The van der Waals surface area contributed by atoms with Crippen LogP contribution in [0.25, 0.3) is 0 Å². The molecule has 0 radical (unpaired) electrons. The maximum atomic E-state index is 12.6. The predicted molar refractivity (Wildman–Crippen MR) is 116 cm³/mol. The van der Waals surface area contributed by atoms with Crippen LogP contribution in [0.1, 0.15) is 63.9 Å². The van der Waals surface area contributed by atoms with E-state index in [-0.39, 0.29) is 35.9 Å². The van der Waals surface area contributed by atoms with Crippen LogP contribution in [0.2, 0.25) is 0 Å². The van der Waals surface area contributed by atoms with Crippen LogP contribution in [0.15, 0.2) is 24.3 Å². The van der Waals surface area contributed by atoms with Gasteiger partial charge in [0, 0.05) is 12.2 Å². The van der Waals surface area contributed by atoms with Crippen molar-refractivity contribution in [2.24, 2.45) is 11.8 Å². The van der Waals surface area contributed by atoms with Gasteiger partial charge in [0.2, 0.25) is 11.8 Å². The molecule has 0 aliphatic carbocycles. The van der Waals surface area contributed by atoms with E-state index in [1.807, 2.05) is 24.3 Å². The number of rotatable bonds is 9. The zero-order chi connectivity index (χ0) is 22.0. The van der Waals surface area contributed by atoms with Crippen LogP contribution in [0.4, 0.5) is 10.5 Å². The molecule has 31 heavy (non-hydrogen) atoms. The Kier molecular flexibility index (Phi) is 6.60. The highest BCUT2D eigenvalue weighted by molar-refractivity contribution is 6.06. The molecule has 1 N–H and O–H groups in total. The van der Waals surface area contributed by atoms with E-state index < -0.39 is 6.09 Å². The number of anilines is 1. The van der Waals surface area contributed by atoms with Gasteiger partial charge in [0.25, 0.3) is 0 Å². The van der Waals surface area contributed by atoms with Crippen LogP contribution in [-0.2, 0) is 19.1 Å². The highest BCUT2D eigenvalue weighted by Crippen LogP contribution is 2.48. The maximum Gasteiger partial charge on any atom is 0.411 e. The van der Waals surface area contributed by atoms with Gasteiger partial charge < -0.3 is 9.47 Å². The summed E-state index contributed by atoms with van der Waals surface area (Å²) >= 11 is 0. The van der Waals surface area contributed by atoms with Crippen molar-refractivity contribution in [2.45, 2.75) is 70.5 Å². The van der Waals surface area contributed by atoms with Gasteiger partial charge in [0.1, 0.15) is 0 Å². The predicted octanol–water partition coefficient (Wildman–Crippen LogP) is 4.08. The summed E-state index contributed by atoms with van der Waals surface area (Å²) in [6, 6.07) is 7.76. The number of ether oxygens (including phenoxy) is 2. The van der Waals surface area contributed by atoms with Crippen molar-refractivity contribution >= 4 is 23.6 Å². The number of imide groups is 1. The number of hydrogen-bond donors (Lipinski definition) is 1. The molecule has 168 valence electrons. The number of nitrogens with zero attached hydrogens (tertiary/aromatic N) is 1. The SMILES string of the molecule is CC(C)c1ccc(NC(=O)OCCCCCCN2C(=O)C3C4CCC(O4)C3C2=O)cc1. The van der Waals surface area contributed by atoms with E-state index in [1.54, 1.807) is 0 Å². The molecule has 3 aliphatic rings. The van der Waals surface area contributed by atoms with E-state index in [0.717, 1.165) is 44.2 Å². The highest BCUT2D eigenvalue weighted by atomic mass is 16.5. The van der Waals surface area contributed by atoms with Gasteiger partial charge in [-0.3, -0.25) is 19.8 Å². The van der Waals surface area contributed by atoms with Crippen molar-refractivity contribution in [3.8, 4) is 0 Å². The van der Waals surface area contributed by atoms with Gasteiger partial charge in [0.15, 0.2) is 0 Å². The lowest BCUT2D eigenvalue weighted by atomic mass is 9.81. The molecule has 1 aromatic carbocycles. The molecule has 7 heteroatoms. The summed E-state index contributed by atoms with van der Waals surface area (Å²) in [5.41, 5.74) is 1.94. The van der Waals surface area contributed by atoms with Crippen LogP contribution in [0.3, 0.4) is 0 Å². The Hall–Kier alpha value is -2.41. The molecule has 1 aromatic rings. The summed E-state index contributed by atoms with van der Waals surface area (Å²) in [7, 11) is 0. The number of nitrogens with one attached hydrogen (secondary N) is 1. The Bertz CT molecular complexity index is 794. The first-order valence-electron chi connectivity index (χ1n) is 11.5. The molecule has 7 nitrogen and oxygen atoms in total. The Morgan fingerprint density at radius 1 is 1.03 bits per heavy atom. The fraction of sp³-hybridized carbons (Fsp3) is 0.625. The van der Waals surface area contributed by atoms with Crippen LogP contribution in [0, 0.1) is 11.8 Å². The minimum Gasteiger partial charge on any atom is -0.449 e. The third-order valence-corrected chi connectivity index (χ3v) is 6.71. The Labute approximate surface area is 183 Å². The fourth-order valence-corrected chi connectivity index (χ4v) is 4.99. The maximum absolute atomic E-state index is 12.6. The van der Waals surface area contributed by atoms with Gasteiger partial charge in [0.05, 0.1) is 30.7 Å². The number of carbonyl (C=O) groups is 3. The summed E-state index contributed by atoms with van der Waals surface area (Å²) in [5, 5.41) is 2.74. The van der Waals surface area contributed by atoms with Gasteiger partial charge in [-0.1, -0.05) is 32.4 Å². The van der Waals surface area contributed by atoms with Crippen LogP contribution < -0.4 is 5.32 Å². The molecule has 3 saturated heterocycles. The van der Waals surface area contributed by atoms with Crippen molar-refractivity contribution < 1.29 is 23.9 Å². The molecular formula is C24H32N2O5. The second-order valence-corrected chi connectivity index (χ2v) is 9.12. The van der Waals surface area contributed by atoms with E-state index in [0.29, 0.717) is 19.1 Å². The van der Waals surface area contributed by atoms with E-state index in [9.17, 15) is 14.4 Å². The molecule has 3 heterocycles. The summed E-state index contributed by atoms with van der Waals surface area (Å²) in [4.78, 5) is 38.5. The summed E-state index contributed by atoms with van der Waals surface area (Å²) in [6.07, 6.45) is 4.55. The first-order chi connectivity index (χ1) is 15.0. The zero-order valence-corrected chi connectivity index (χ0v) is 18.3. The number of benzene rings is 1. The molecule has 0 spiro atoms. The summed E-state index contributed by atoms with van der Waals surface area (Å²) in [5.74, 6) is -0.0989. The molecule has 3 aliphatic heterocycles. The second-order valence-electron chi connectivity index (χ2n) is 9.12. The van der Waals surface area contributed by atoms with Crippen LogP contribution >= 0.6 is 0 Å². The van der Waals surface area contributed by atoms with Crippen LogP contribution in [0.5, 0.6) is 0 Å². The number of hydrogen-bond acceptors (Lipinski definition) is 5. The van der Waals surface area contributed by atoms with Crippen molar-refractivity contribution in [3.05, 3.63) is 29.8 Å². The minimum atomic E-state index is -0.450. The molecule has 4 unspecified atom stereocenters. The summed E-state index contributed by atoms with van der Waals surface area (Å²) < 4.78 is 11.0. The monoisotopic (exact) mass is 428 g/mol. The molecule has 3 fully saturated rings. The van der Waals surface area contributed by atoms with Gasteiger partial charge in [-0.05, 0) is 55.7 Å². The summed E-state index contributed by atoms with van der Waals surface area (Å²) in [6.45, 7) is 5.09. The molecule has 0 aromatic heterocycles. The van der Waals surface area contributed by atoms with Crippen molar-refractivity contribution in [1.82, 2.24) is 4.90 Å². The Morgan fingerprint density at radius 3 is 2.26 bits per heavy atom. The van der Waals surface area contributed by atoms with Gasteiger partial charge >= 0.3 is 6.09 Å². The third kappa shape index (κ3) is 4.61. The molecule has 0 saturated carbocycles. The number of amides is 3. The normalized spacial score (nSPS) is 26.6. The molecular weight excluding hydrogens is 396 g/mol. The highest BCUT2D eigenvalue weighted by Gasteiger charge is 2.62. The first kappa shape index (κ1) is 21.8.